The molecule has 6 heteroatoms. The van der Waals surface area contributed by atoms with Crippen molar-refractivity contribution in [2.24, 2.45) is 5.92 Å². The molecule has 6 nitrogen and oxygen atoms in total. The van der Waals surface area contributed by atoms with Crippen molar-refractivity contribution in [2.75, 3.05) is 20.3 Å². The van der Waals surface area contributed by atoms with E-state index in [-0.39, 0.29) is 11.8 Å². The van der Waals surface area contributed by atoms with Crippen LogP contribution in [0.3, 0.4) is 0 Å². The second kappa shape index (κ2) is 13.4. The van der Waals surface area contributed by atoms with Crippen LogP contribution >= 0.6 is 0 Å². The van der Waals surface area contributed by atoms with Crippen LogP contribution in [0.1, 0.15) is 45.6 Å². The molecule has 0 bridgehead atoms. The Morgan fingerprint density at radius 1 is 1.00 bits per heavy atom. The molecule has 0 radical (unpaired) electrons. The average Bonchev–Trinajstić information content (AvgIpc) is 2.81. The van der Waals surface area contributed by atoms with E-state index in [1.165, 1.54) is 0 Å². The molecule has 1 atom stereocenters. The lowest BCUT2D eigenvalue weighted by Crippen LogP contribution is -2.49. The number of benzene rings is 2. The zero-order chi connectivity index (χ0) is 23.3. The van der Waals surface area contributed by atoms with Gasteiger partial charge in [-0.1, -0.05) is 51.1 Å². The van der Waals surface area contributed by atoms with Gasteiger partial charge in [-0.05, 0) is 48.6 Å². The number of methoxy groups -OCH3 is 1. The highest BCUT2D eigenvalue weighted by Crippen LogP contribution is 2.18. The molecular weight excluding hydrogens is 404 g/mol. The number of hydrogen-bond donors (Lipinski definition) is 1. The standard InChI is InChI=1S/C26H36N2O4/c1-5-24(26(30)27-18-20(2)3)28(19-21-10-7-6-8-11-21)25(29)12-9-17-32-23-15-13-22(31-4)14-16-23/h6-8,10-11,13-16,20,24H,5,9,12,17-19H2,1-4H3,(H,27,30). The molecule has 0 aliphatic rings. The molecule has 0 spiro atoms. The number of rotatable bonds is 13. The van der Waals surface area contributed by atoms with Gasteiger partial charge in [0.15, 0.2) is 0 Å². The second-order valence-corrected chi connectivity index (χ2v) is 8.20. The first kappa shape index (κ1) is 25.2. The summed E-state index contributed by atoms with van der Waals surface area (Å²) in [4.78, 5) is 27.7. The summed E-state index contributed by atoms with van der Waals surface area (Å²) in [5.41, 5.74) is 1.01. The number of nitrogens with zero attached hydrogens (tertiary/aromatic N) is 1. The Labute approximate surface area is 191 Å². The van der Waals surface area contributed by atoms with Crippen molar-refractivity contribution in [3.8, 4) is 11.5 Å². The van der Waals surface area contributed by atoms with Gasteiger partial charge in [0.1, 0.15) is 17.5 Å². The number of hydrogen-bond acceptors (Lipinski definition) is 4. The van der Waals surface area contributed by atoms with Crippen LogP contribution in [0.25, 0.3) is 0 Å². The summed E-state index contributed by atoms with van der Waals surface area (Å²) in [6.45, 7) is 7.48. The molecule has 0 aliphatic heterocycles. The molecule has 1 N–H and O–H groups in total. The third-order valence-electron chi connectivity index (χ3n) is 5.13. The highest BCUT2D eigenvalue weighted by Gasteiger charge is 2.28. The number of carbonyl (C=O) groups is 2. The third-order valence-corrected chi connectivity index (χ3v) is 5.13. The van der Waals surface area contributed by atoms with Gasteiger partial charge < -0.3 is 19.7 Å². The van der Waals surface area contributed by atoms with Crippen LogP contribution in [0.4, 0.5) is 0 Å². The van der Waals surface area contributed by atoms with E-state index in [1.54, 1.807) is 12.0 Å². The predicted molar refractivity (Wildman–Crippen MR) is 127 cm³/mol. The quantitative estimate of drug-likeness (QED) is 0.468. The van der Waals surface area contributed by atoms with Crippen molar-refractivity contribution in [3.05, 3.63) is 60.2 Å². The number of nitrogens with one attached hydrogen (secondary N) is 1. The van der Waals surface area contributed by atoms with E-state index < -0.39 is 6.04 Å². The monoisotopic (exact) mass is 440 g/mol. The van der Waals surface area contributed by atoms with Gasteiger partial charge in [-0.15, -0.1) is 0 Å². The average molecular weight is 441 g/mol. The smallest absolute Gasteiger partial charge is 0.242 e. The summed E-state index contributed by atoms with van der Waals surface area (Å²) in [5, 5.41) is 2.98. The van der Waals surface area contributed by atoms with E-state index >= 15 is 0 Å². The van der Waals surface area contributed by atoms with Gasteiger partial charge in [-0.2, -0.15) is 0 Å². The van der Waals surface area contributed by atoms with E-state index in [1.807, 2.05) is 61.5 Å². The lowest BCUT2D eigenvalue weighted by atomic mass is 10.1. The predicted octanol–water partition coefficient (Wildman–Crippen LogP) is 4.43. The zero-order valence-electron chi connectivity index (χ0n) is 19.7. The summed E-state index contributed by atoms with van der Waals surface area (Å²) in [6, 6.07) is 16.7. The van der Waals surface area contributed by atoms with Crippen LogP contribution < -0.4 is 14.8 Å². The molecule has 0 heterocycles. The van der Waals surface area contributed by atoms with Crippen LogP contribution in [0.2, 0.25) is 0 Å². The van der Waals surface area contributed by atoms with E-state index in [2.05, 4.69) is 19.2 Å². The molecule has 2 aromatic rings. The van der Waals surface area contributed by atoms with Gasteiger partial charge in [-0.3, -0.25) is 9.59 Å². The maximum atomic E-state index is 13.2. The minimum absolute atomic E-state index is 0.0428. The lowest BCUT2D eigenvalue weighted by molar-refractivity contribution is -0.141. The summed E-state index contributed by atoms with van der Waals surface area (Å²) < 4.78 is 10.9. The van der Waals surface area contributed by atoms with Gasteiger partial charge >= 0.3 is 0 Å². The molecule has 0 saturated heterocycles. The minimum atomic E-state index is -0.496. The van der Waals surface area contributed by atoms with Crippen molar-refractivity contribution in [1.82, 2.24) is 10.2 Å². The first-order valence-electron chi connectivity index (χ1n) is 11.3. The molecule has 0 aliphatic carbocycles. The first-order valence-corrected chi connectivity index (χ1v) is 11.3. The molecule has 2 aromatic carbocycles. The molecule has 0 aromatic heterocycles. The topological polar surface area (TPSA) is 67.9 Å². The van der Waals surface area contributed by atoms with Gasteiger partial charge in [0.05, 0.1) is 13.7 Å². The van der Waals surface area contributed by atoms with Crippen molar-refractivity contribution < 1.29 is 19.1 Å². The van der Waals surface area contributed by atoms with Crippen LogP contribution in [-0.2, 0) is 16.1 Å². The van der Waals surface area contributed by atoms with Crippen molar-refractivity contribution in [3.63, 3.8) is 0 Å². The van der Waals surface area contributed by atoms with Crippen molar-refractivity contribution in [1.29, 1.82) is 0 Å². The fourth-order valence-corrected chi connectivity index (χ4v) is 3.35. The van der Waals surface area contributed by atoms with Gasteiger partial charge in [0.2, 0.25) is 11.8 Å². The molecule has 0 saturated carbocycles. The highest BCUT2D eigenvalue weighted by molar-refractivity contribution is 5.87. The zero-order valence-corrected chi connectivity index (χ0v) is 19.7. The Morgan fingerprint density at radius 3 is 2.25 bits per heavy atom. The fourth-order valence-electron chi connectivity index (χ4n) is 3.35. The minimum Gasteiger partial charge on any atom is -0.497 e. The van der Waals surface area contributed by atoms with Crippen molar-refractivity contribution in [2.45, 2.75) is 52.6 Å². The van der Waals surface area contributed by atoms with Crippen molar-refractivity contribution >= 4 is 11.8 Å². The maximum Gasteiger partial charge on any atom is 0.242 e. The summed E-state index contributed by atoms with van der Waals surface area (Å²) >= 11 is 0. The van der Waals surface area contributed by atoms with E-state index in [9.17, 15) is 9.59 Å². The number of carbonyl (C=O) groups excluding carboxylic acids is 2. The maximum absolute atomic E-state index is 13.2. The highest BCUT2D eigenvalue weighted by atomic mass is 16.5. The van der Waals surface area contributed by atoms with Gasteiger partial charge in [0.25, 0.3) is 0 Å². The Hall–Kier alpha value is -3.02. The molecule has 0 fully saturated rings. The van der Waals surface area contributed by atoms with Crippen LogP contribution in [0, 0.1) is 5.92 Å². The third kappa shape index (κ3) is 8.25. The van der Waals surface area contributed by atoms with Gasteiger partial charge in [0, 0.05) is 19.5 Å². The molecule has 2 rings (SSSR count). The number of ether oxygens (including phenoxy) is 2. The SMILES string of the molecule is CCC(C(=O)NCC(C)C)N(Cc1ccccc1)C(=O)CCCOc1ccc(OC)cc1. The molecule has 174 valence electrons. The van der Waals surface area contributed by atoms with Crippen LogP contribution in [0.5, 0.6) is 11.5 Å². The van der Waals surface area contributed by atoms with E-state index in [0.29, 0.717) is 44.9 Å². The largest absolute Gasteiger partial charge is 0.497 e. The van der Waals surface area contributed by atoms with E-state index in [4.69, 9.17) is 9.47 Å². The fraction of sp³-hybridized carbons (Fsp3) is 0.462. The Bertz CT molecular complexity index is 821. The molecular formula is C26H36N2O4. The Morgan fingerprint density at radius 2 is 1.66 bits per heavy atom. The lowest BCUT2D eigenvalue weighted by Gasteiger charge is -2.31. The number of amides is 2. The molecule has 32 heavy (non-hydrogen) atoms. The normalized spacial score (nSPS) is 11.7. The second-order valence-electron chi connectivity index (χ2n) is 8.20. The van der Waals surface area contributed by atoms with E-state index in [0.717, 1.165) is 17.1 Å². The van der Waals surface area contributed by atoms with Crippen LogP contribution in [0.15, 0.2) is 54.6 Å². The Balaban J connectivity index is 1.99. The Kier molecular flexibility index (Phi) is 10.6. The summed E-state index contributed by atoms with van der Waals surface area (Å²) in [7, 11) is 1.62. The van der Waals surface area contributed by atoms with Crippen LogP contribution in [-0.4, -0.2) is 43.0 Å². The molecule has 2 amide bonds. The summed E-state index contributed by atoms with van der Waals surface area (Å²) in [6.07, 6.45) is 1.45. The first-order chi connectivity index (χ1) is 15.4. The van der Waals surface area contributed by atoms with Gasteiger partial charge in [-0.25, -0.2) is 0 Å². The molecule has 1 unspecified atom stereocenters. The summed E-state index contributed by atoms with van der Waals surface area (Å²) in [5.74, 6) is 1.72.